The molecule has 0 saturated carbocycles. The van der Waals surface area contributed by atoms with Crippen LogP contribution in [-0.2, 0) is 0 Å². The summed E-state index contributed by atoms with van der Waals surface area (Å²) in [6.45, 7) is 7.40. The Labute approximate surface area is 49.5 Å². The lowest BCUT2D eigenvalue weighted by molar-refractivity contribution is 0.658. The summed E-state index contributed by atoms with van der Waals surface area (Å²) >= 11 is 4.34. The maximum atomic E-state index is 4.34. The van der Waals surface area contributed by atoms with Crippen LogP contribution < -0.4 is 0 Å². The quantitative estimate of drug-likeness (QED) is 0.287. The Kier molecular flexibility index (Phi) is 2.00. The van der Waals surface area contributed by atoms with Gasteiger partial charge in [0.25, 0.3) is 0 Å². The zero-order valence-corrected chi connectivity index (χ0v) is 5.38. The van der Waals surface area contributed by atoms with E-state index in [1.165, 1.54) is 0 Å². The highest BCUT2D eigenvalue weighted by Gasteiger charge is 2.13. The standard InChI is InChI=1S/C5H8NS/c1-5(2,3)6-4-7/h1H2,2-3H3/q+1. The molecule has 1 nitrogen and oxygen atoms in total. The van der Waals surface area contributed by atoms with Crippen LogP contribution in [0.3, 0.4) is 0 Å². The minimum absolute atomic E-state index is 0.290. The Balaban J connectivity index is 3.80. The molecule has 7 heavy (non-hydrogen) atoms. The Morgan fingerprint density at radius 3 is 2.14 bits per heavy atom. The second-order valence-electron chi connectivity index (χ2n) is 2.02. The van der Waals surface area contributed by atoms with Crippen molar-refractivity contribution >= 4 is 17.4 Å². The van der Waals surface area contributed by atoms with Crippen LogP contribution in [0.5, 0.6) is 0 Å². The van der Waals surface area contributed by atoms with E-state index in [4.69, 9.17) is 0 Å². The predicted molar refractivity (Wildman–Crippen MR) is 34.5 cm³/mol. The molecular weight excluding hydrogens is 106 g/mol. The summed E-state index contributed by atoms with van der Waals surface area (Å²) in [5.41, 5.74) is -0.290. The van der Waals surface area contributed by atoms with Crippen LogP contribution in [0.1, 0.15) is 13.8 Å². The average Bonchev–Trinajstić information content (AvgIpc) is 1.30. The van der Waals surface area contributed by atoms with E-state index in [-0.39, 0.29) is 5.54 Å². The zero-order valence-electron chi connectivity index (χ0n) is 4.56. The average molecular weight is 114 g/mol. The molecule has 0 aliphatic carbocycles. The number of aliphatic imine (C=N–C) groups is 1. The van der Waals surface area contributed by atoms with Crippen molar-refractivity contribution in [3.05, 3.63) is 6.92 Å². The fraction of sp³-hybridized carbons (Fsp3) is 0.600. The van der Waals surface area contributed by atoms with Crippen LogP contribution in [0.2, 0.25) is 0 Å². The van der Waals surface area contributed by atoms with E-state index in [1.54, 1.807) is 0 Å². The molecule has 38 valence electrons. The van der Waals surface area contributed by atoms with Crippen molar-refractivity contribution in [2.75, 3.05) is 0 Å². The topological polar surface area (TPSA) is 12.4 Å². The lowest BCUT2D eigenvalue weighted by Crippen LogP contribution is -2.08. The summed E-state index contributed by atoms with van der Waals surface area (Å²) in [4.78, 5) is 3.71. The summed E-state index contributed by atoms with van der Waals surface area (Å²) in [5, 5.41) is 2.25. The smallest absolute Gasteiger partial charge is 0.180 e. The van der Waals surface area contributed by atoms with Gasteiger partial charge >= 0.3 is 0 Å². The highest BCUT2D eigenvalue weighted by molar-refractivity contribution is 7.78. The molecular formula is C5H8NS+. The third-order valence-electron chi connectivity index (χ3n) is 0.348. The lowest BCUT2D eigenvalue weighted by Gasteiger charge is -1.97. The van der Waals surface area contributed by atoms with Gasteiger partial charge in [0.1, 0.15) is 0 Å². The van der Waals surface area contributed by atoms with Gasteiger partial charge in [-0.1, -0.05) is 0 Å². The molecule has 0 aliphatic heterocycles. The maximum Gasteiger partial charge on any atom is 0.198 e. The Morgan fingerprint density at radius 1 is 1.71 bits per heavy atom. The van der Waals surface area contributed by atoms with Gasteiger partial charge in [-0.3, -0.25) is 0 Å². The van der Waals surface area contributed by atoms with Gasteiger partial charge in [-0.2, -0.15) is 4.99 Å². The van der Waals surface area contributed by atoms with E-state index in [1.807, 2.05) is 13.8 Å². The van der Waals surface area contributed by atoms with Gasteiger partial charge < -0.3 is 0 Å². The van der Waals surface area contributed by atoms with Crippen molar-refractivity contribution in [3.8, 4) is 0 Å². The number of hydrogen-bond donors (Lipinski definition) is 0. The normalized spacial score (nSPS) is 10.0. The van der Waals surface area contributed by atoms with Gasteiger partial charge in [0.2, 0.25) is 0 Å². The summed E-state index contributed by atoms with van der Waals surface area (Å²) in [7, 11) is 0. The van der Waals surface area contributed by atoms with Crippen molar-refractivity contribution < 1.29 is 0 Å². The highest BCUT2D eigenvalue weighted by atomic mass is 32.1. The molecule has 0 heterocycles. The SMILES string of the molecule is [CH2+]C(C)(C)N=C=S. The first-order valence-corrected chi connectivity index (χ1v) is 2.41. The molecule has 0 fully saturated rings. The van der Waals surface area contributed by atoms with E-state index in [2.05, 4.69) is 29.3 Å². The Hall–Kier alpha value is -0.330. The molecule has 0 N–H and O–H groups in total. The molecule has 0 saturated heterocycles. The highest BCUT2D eigenvalue weighted by Crippen LogP contribution is 2.02. The zero-order chi connectivity index (χ0) is 5.91. The minimum atomic E-state index is -0.290. The molecule has 0 radical (unpaired) electrons. The predicted octanol–water partition coefficient (Wildman–Crippen LogP) is 1.70. The second kappa shape index (κ2) is 2.10. The van der Waals surface area contributed by atoms with Crippen molar-refractivity contribution in [2.45, 2.75) is 19.4 Å². The van der Waals surface area contributed by atoms with Gasteiger partial charge in [0.15, 0.2) is 5.54 Å². The van der Waals surface area contributed by atoms with Crippen molar-refractivity contribution in [3.63, 3.8) is 0 Å². The molecule has 0 rings (SSSR count). The van der Waals surface area contributed by atoms with Crippen molar-refractivity contribution in [1.29, 1.82) is 0 Å². The van der Waals surface area contributed by atoms with Crippen LogP contribution in [0.4, 0.5) is 0 Å². The first-order chi connectivity index (χ1) is 3.06. The molecule has 0 aromatic heterocycles. The monoisotopic (exact) mass is 114 g/mol. The molecule has 0 aromatic rings. The van der Waals surface area contributed by atoms with Crippen LogP contribution in [0, 0.1) is 6.92 Å². The van der Waals surface area contributed by atoms with E-state index < -0.39 is 0 Å². The molecule has 0 aliphatic rings. The molecule has 0 aromatic carbocycles. The molecule has 0 atom stereocenters. The number of nitrogens with zero attached hydrogens (tertiary/aromatic N) is 1. The fourth-order valence-corrected chi connectivity index (χ4v) is 0.371. The van der Waals surface area contributed by atoms with E-state index in [0.717, 1.165) is 0 Å². The Bertz CT molecular complexity index is 95.1. The molecule has 0 bridgehead atoms. The van der Waals surface area contributed by atoms with Crippen LogP contribution in [0.15, 0.2) is 4.99 Å². The van der Waals surface area contributed by atoms with E-state index in [0.29, 0.717) is 0 Å². The van der Waals surface area contributed by atoms with E-state index in [9.17, 15) is 0 Å². The third-order valence-corrected chi connectivity index (χ3v) is 0.440. The lowest BCUT2D eigenvalue weighted by atomic mass is 10.1. The number of rotatable bonds is 1. The summed E-state index contributed by atoms with van der Waals surface area (Å²) in [6.07, 6.45) is 0. The van der Waals surface area contributed by atoms with Crippen LogP contribution in [0.25, 0.3) is 0 Å². The van der Waals surface area contributed by atoms with E-state index >= 15 is 0 Å². The first-order valence-electron chi connectivity index (χ1n) is 2.00. The van der Waals surface area contributed by atoms with Gasteiger partial charge in [-0.15, -0.1) is 0 Å². The van der Waals surface area contributed by atoms with Crippen LogP contribution >= 0.6 is 12.2 Å². The van der Waals surface area contributed by atoms with Gasteiger partial charge in [0, 0.05) is 13.8 Å². The molecule has 0 spiro atoms. The van der Waals surface area contributed by atoms with Crippen molar-refractivity contribution in [1.82, 2.24) is 0 Å². The largest absolute Gasteiger partial charge is 0.198 e. The maximum absolute atomic E-state index is 4.34. The first kappa shape index (κ1) is 6.67. The van der Waals surface area contributed by atoms with Gasteiger partial charge in [-0.25, -0.2) is 0 Å². The summed E-state index contributed by atoms with van der Waals surface area (Å²) in [6, 6.07) is 0. The van der Waals surface area contributed by atoms with Gasteiger partial charge in [-0.05, 0) is 12.2 Å². The minimum Gasteiger partial charge on any atom is -0.180 e. The summed E-state index contributed by atoms with van der Waals surface area (Å²) in [5.74, 6) is 0. The second-order valence-corrected chi connectivity index (χ2v) is 2.20. The number of hydrogen-bond acceptors (Lipinski definition) is 2. The number of isothiocyanates is 1. The van der Waals surface area contributed by atoms with Gasteiger partial charge in [0.05, 0.1) is 12.1 Å². The molecule has 2 heteroatoms. The number of thiocarbonyl (C=S) groups is 1. The molecule has 0 amide bonds. The van der Waals surface area contributed by atoms with Crippen LogP contribution in [-0.4, -0.2) is 10.7 Å². The third kappa shape index (κ3) is 5.67. The van der Waals surface area contributed by atoms with Crippen molar-refractivity contribution in [2.24, 2.45) is 4.99 Å². The summed E-state index contributed by atoms with van der Waals surface area (Å²) < 4.78 is 0. The molecule has 0 unspecified atom stereocenters. The Morgan fingerprint density at radius 2 is 2.14 bits per heavy atom. The fourth-order valence-electron chi connectivity index (χ4n) is 0.124.